The first-order valence-corrected chi connectivity index (χ1v) is 22.4. The average molecular weight is 831 g/mol. The normalized spacial score (nSPS) is 11.7. The molecule has 0 aliphatic heterocycles. The Morgan fingerprint density at radius 2 is 1.38 bits per heavy atom. The van der Waals surface area contributed by atoms with Gasteiger partial charge in [0.05, 0.1) is 11.0 Å². The van der Waals surface area contributed by atoms with Gasteiger partial charge >= 0.3 is 0 Å². The minimum absolute atomic E-state index is 0.337. The highest BCUT2D eigenvalue weighted by Gasteiger charge is 2.20. The van der Waals surface area contributed by atoms with Crippen LogP contribution in [0.25, 0.3) is 22.1 Å². The predicted octanol–water partition coefficient (Wildman–Crippen LogP) is 9.93. The lowest BCUT2D eigenvalue weighted by Crippen LogP contribution is -2.26. The molecule has 16 heteroatoms. The Balaban J connectivity index is 0.000000198. The van der Waals surface area contributed by atoms with E-state index in [-0.39, 0.29) is 0 Å². The van der Waals surface area contributed by atoms with E-state index in [2.05, 4.69) is 120 Å². The molecule has 11 nitrogen and oxygen atoms in total. The fourth-order valence-corrected chi connectivity index (χ4v) is 7.32. The third-order valence-corrected chi connectivity index (χ3v) is 12.2. The molecule has 0 spiro atoms. The maximum absolute atomic E-state index is 6.02. The van der Waals surface area contributed by atoms with Crippen LogP contribution in [0.2, 0.25) is 25.7 Å². The first-order valence-electron chi connectivity index (χ1n) is 15.5. The fourth-order valence-electron chi connectivity index (χ4n) is 4.15. The molecule has 252 valence electrons. The van der Waals surface area contributed by atoms with Crippen LogP contribution in [0, 0.1) is 0 Å². The highest BCUT2D eigenvalue weighted by molar-refractivity contribution is 9.11. The number of ether oxygens (including phenoxy) is 1. The molecule has 0 fully saturated rings. The van der Waals surface area contributed by atoms with Crippen molar-refractivity contribution in [1.82, 2.24) is 40.3 Å². The summed E-state index contributed by atoms with van der Waals surface area (Å²) < 4.78 is 7.86. The van der Waals surface area contributed by atoms with Crippen LogP contribution in [-0.4, -0.2) is 61.7 Å². The SMILES string of the molecule is CC(C)c1nnc(N(COCC[Si](C)(C)C)c2ccc3nccc(Br)c3n2)s1.CC(C)c1nnc(Nc2ccc3nccc(Br)c3n2)s1. The van der Waals surface area contributed by atoms with Crippen molar-refractivity contribution in [3.05, 3.63) is 67.8 Å². The van der Waals surface area contributed by atoms with E-state index in [0.29, 0.717) is 18.6 Å². The van der Waals surface area contributed by atoms with Gasteiger partial charge in [-0.25, -0.2) is 9.97 Å². The van der Waals surface area contributed by atoms with Crippen LogP contribution in [0.15, 0.2) is 57.7 Å². The molecule has 0 aliphatic carbocycles. The zero-order chi connectivity index (χ0) is 34.4. The van der Waals surface area contributed by atoms with Crippen molar-refractivity contribution in [2.45, 2.75) is 65.2 Å². The predicted molar refractivity (Wildman–Crippen MR) is 207 cm³/mol. The van der Waals surface area contributed by atoms with Gasteiger partial charge in [-0.2, -0.15) is 0 Å². The van der Waals surface area contributed by atoms with Crippen molar-refractivity contribution in [2.24, 2.45) is 0 Å². The first kappa shape index (κ1) is 36.3. The first-order chi connectivity index (χ1) is 22.9. The number of nitrogens with one attached hydrogen (secondary N) is 1. The van der Waals surface area contributed by atoms with Crippen LogP contribution in [0.3, 0.4) is 0 Å². The van der Waals surface area contributed by atoms with Crippen molar-refractivity contribution in [3.8, 4) is 0 Å². The highest BCUT2D eigenvalue weighted by Crippen LogP contribution is 2.32. The topological polar surface area (TPSA) is 128 Å². The summed E-state index contributed by atoms with van der Waals surface area (Å²) in [6.45, 7) is 16.6. The maximum Gasteiger partial charge on any atom is 0.215 e. The number of hydrogen-bond acceptors (Lipinski definition) is 13. The monoisotopic (exact) mass is 828 g/mol. The molecule has 0 atom stereocenters. The van der Waals surface area contributed by atoms with Crippen LogP contribution >= 0.6 is 54.5 Å². The van der Waals surface area contributed by atoms with E-state index >= 15 is 0 Å². The molecule has 0 amide bonds. The van der Waals surface area contributed by atoms with Gasteiger partial charge in [-0.15, -0.1) is 20.4 Å². The summed E-state index contributed by atoms with van der Waals surface area (Å²) in [7, 11) is -1.14. The van der Waals surface area contributed by atoms with E-state index in [0.717, 1.165) is 75.6 Å². The molecule has 0 unspecified atom stereocenters. The summed E-state index contributed by atoms with van der Waals surface area (Å²) in [4.78, 5) is 20.0. The Bertz CT molecular complexity index is 1980. The molecule has 0 saturated heterocycles. The van der Waals surface area contributed by atoms with Gasteiger partial charge in [-0.05, 0) is 74.3 Å². The third kappa shape index (κ3) is 9.57. The number of aromatic nitrogens is 8. The Morgan fingerprint density at radius 1 is 0.771 bits per heavy atom. The molecule has 6 rings (SSSR count). The molecule has 6 aromatic heterocycles. The maximum atomic E-state index is 6.02. The van der Waals surface area contributed by atoms with Gasteiger partial charge in [0.2, 0.25) is 10.3 Å². The Morgan fingerprint density at radius 3 is 1.98 bits per heavy atom. The lowest BCUT2D eigenvalue weighted by Gasteiger charge is -2.22. The van der Waals surface area contributed by atoms with Crippen molar-refractivity contribution in [1.29, 1.82) is 0 Å². The Hall–Kier alpha value is -3.02. The summed E-state index contributed by atoms with van der Waals surface area (Å²) in [6, 6.07) is 12.6. The van der Waals surface area contributed by atoms with Crippen LogP contribution in [0.5, 0.6) is 0 Å². The van der Waals surface area contributed by atoms with Gasteiger partial charge in [0.1, 0.15) is 39.4 Å². The number of nitrogens with zero attached hydrogens (tertiary/aromatic N) is 9. The molecule has 0 aromatic carbocycles. The van der Waals surface area contributed by atoms with E-state index in [4.69, 9.17) is 9.72 Å². The van der Waals surface area contributed by atoms with E-state index < -0.39 is 8.07 Å². The molecular formula is C32H38Br2N10OS2Si. The summed E-state index contributed by atoms with van der Waals surface area (Å²) in [5.41, 5.74) is 3.34. The van der Waals surface area contributed by atoms with E-state index in [1.807, 2.05) is 41.3 Å². The third-order valence-electron chi connectivity index (χ3n) is 6.87. The smallest absolute Gasteiger partial charge is 0.215 e. The van der Waals surface area contributed by atoms with Gasteiger partial charge in [0.25, 0.3) is 0 Å². The van der Waals surface area contributed by atoms with Gasteiger partial charge in [-0.1, -0.05) is 70.0 Å². The Kier molecular flexibility index (Phi) is 12.2. The van der Waals surface area contributed by atoms with Crippen molar-refractivity contribution < 1.29 is 4.74 Å². The lowest BCUT2D eigenvalue weighted by molar-refractivity contribution is 0.153. The largest absolute Gasteiger partial charge is 0.361 e. The van der Waals surface area contributed by atoms with Crippen LogP contribution in [0.1, 0.15) is 49.5 Å². The van der Waals surface area contributed by atoms with Crippen LogP contribution in [0.4, 0.5) is 21.9 Å². The number of anilines is 4. The number of rotatable bonds is 11. The average Bonchev–Trinajstić information content (AvgIpc) is 3.72. The Labute approximate surface area is 306 Å². The second-order valence-corrected chi connectivity index (χ2v) is 22.1. The molecule has 0 aliphatic rings. The van der Waals surface area contributed by atoms with Gasteiger partial charge in [0, 0.05) is 47.9 Å². The molecule has 0 radical (unpaired) electrons. The van der Waals surface area contributed by atoms with Crippen LogP contribution in [-0.2, 0) is 4.74 Å². The second-order valence-electron chi connectivity index (χ2n) is 12.8. The molecule has 0 saturated carbocycles. The number of pyridine rings is 4. The van der Waals surface area contributed by atoms with Gasteiger partial charge in [-0.3, -0.25) is 14.9 Å². The molecule has 6 heterocycles. The van der Waals surface area contributed by atoms with Crippen LogP contribution < -0.4 is 10.2 Å². The quantitative estimate of drug-likeness (QED) is 0.0762. The number of halogens is 2. The lowest BCUT2D eigenvalue weighted by atomic mass is 10.2. The standard InChI is InChI=1S/C19H26BrN5OSSi.C13H12BrN5S/c1-13(2)18-23-24-19(27-18)25(12-26-10-11-28(3,4)5)16-7-6-15-17(22-16)14(20)8-9-21-15;1-7(2)12-18-19-13(20-12)17-10-4-3-9-11(16-10)8(14)5-6-15-9/h6-9,13H,10-12H2,1-5H3;3-7H,1-2H3,(H,16,17,19). The highest BCUT2D eigenvalue weighted by atomic mass is 79.9. The van der Waals surface area contributed by atoms with Gasteiger partial charge < -0.3 is 10.1 Å². The van der Waals surface area contributed by atoms with Crippen molar-refractivity contribution >= 4 is 107 Å². The molecule has 48 heavy (non-hydrogen) atoms. The molecule has 0 bridgehead atoms. The molecule has 1 N–H and O–H groups in total. The summed E-state index contributed by atoms with van der Waals surface area (Å²) >= 11 is 10.2. The van der Waals surface area contributed by atoms with E-state index in [9.17, 15) is 0 Å². The minimum Gasteiger partial charge on any atom is -0.361 e. The zero-order valence-electron chi connectivity index (χ0n) is 27.9. The summed E-state index contributed by atoms with van der Waals surface area (Å²) in [5, 5.41) is 23.8. The second kappa shape index (κ2) is 16.1. The number of hydrogen-bond donors (Lipinski definition) is 1. The van der Waals surface area contributed by atoms with Gasteiger partial charge in [0.15, 0.2) is 0 Å². The zero-order valence-corrected chi connectivity index (χ0v) is 33.7. The van der Waals surface area contributed by atoms with E-state index in [1.54, 1.807) is 35.1 Å². The van der Waals surface area contributed by atoms with E-state index in [1.165, 1.54) is 0 Å². The molecular weight excluding hydrogens is 792 g/mol. The number of fused-ring (bicyclic) bond motifs is 2. The summed E-state index contributed by atoms with van der Waals surface area (Å²) in [5.74, 6) is 2.23. The summed E-state index contributed by atoms with van der Waals surface area (Å²) in [6.07, 6.45) is 3.52. The van der Waals surface area contributed by atoms with Crippen molar-refractivity contribution in [3.63, 3.8) is 0 Å². The fraction of sp³-hybridized carbons (Fsp3) is 0.375. The molecule has 6 aromatic rings. The minimum atomic E-state index is -1.14. The van der Waals surface area contributed by atoms with Crippen molar-refractivity contribution in [2.75, 3.05) is 23.6 Å².